The van der Waals surface area contributed by atoms with Crippen LogP contribution in [0.25, 0.3) is 5.52 Å². The van der Waals surface area contributed by atoms with Crippen molar-refractivity contribution in [2.45, 2.75) is 32.2 Å². The highest BCUT2D eigenvalue weighted by Gasteiger charge is 2.19. The fraction of sp³-hybridized carbons (Fsp3) is 0.286. The predicted octanol–water partition coefficient (Wildman–Crippen LogP) is 4.01. The molecule has 2 aromatic heterocycles. The molecule has 8 nitrogen and oxygen atoms in total. The van der Waals surface area contributed by atoms with E-state index in [1.165, 1.54) is 41.9 Å². The van der Waals surface area contributed by atoms with Crippen LogP contribution in [0.1, 0.15) is 40.8 Å². The van der Waals surface area contributed by atoms with Crippen molar-refractivity contribution in [2.24, 2.45) is 0 Å². The Morgan fingerprint density at radius 1 is 1.35 bits per heavy atom. The number of aromatic nitrogens is 2. The SMILES string of the molecule is CNc1ccc(Oc2ccnn3cc(C(=O)O)c(C)c23)cc1C(F)F.O=CNC1CC1. The predicted molar refractivity (Wildman–Crippen MR) is 110 cm³/mol. The Kier molecular flexibility index (Phi) is 6.68. The number of benzene rings is 1. The van der Waals surface area contributed by atoms with Crippen molar-refractivity contribution >= 4 is 23.6 Å². The Hall–Kier alpha value is -3.69. The van der Waals surface area contributed by atoms with Gasteiger partial charge in [0.05, 0.1) is 11.8 Å². The molecule has 1 fully saturated rings. The maximum atomic E-state index is 13.2. The zero-order chi connectivity index (χ0) is 22.5. The zero-order valence-corrected chi connectivity index (χ0v) is 16.9. The number of carboxylic acid groups (broad SMARTS) is 1. The summed E-state index contributed by atoms with van der Waals surface area (Å²) in [5.74, 6) is -0.524. The van der Waals surface area contributed by atoms with E-state index in [9.17, 15) is 23.5 Å². The molecule has 0 unspecified atom stereocenters. The first-order valence-electron chi connectivity index (χ1n) is 9.53. The average molecular weight is 432 g/mol. The van der Waals surface area contributed by atoms with Crippen LogP contribution < -0.4 is 15.4 Å². The Bertz CT molecular complexity index is 1100. The summed E-state index contributed by atoms with van der Waals surface area (Å²) in [6.07, 6.45) is 3.30. The molecule has 164 valence electrons. The summed E-state index contributed by atoms with van der Waals surface area (Å²) >= 11 is 0. The van der Waals surface area contributed by atoms with Gasteiger partial charge in [0.2, 0.25) is 6.41 Å². The summed E-state index contributed by atoms with van der Waals surface area (Å²) in [4.78, 5) is 20.8. The fourth-order valence-electron chi connectivity index (χ4n) is 3.01. The maximum absolute atomic E-state index is 13.2. The molecule has 2 heterocycles. The molecular formula is C21H22F2N4O4. The smallest absolute Gasteiger partial charge is 0.337 e. The number of nitrogens with zero attached hydrogens (tertiary/aromatic N) is 2. The van der Waals surface area contributed by atoms with Crippen LogP contribution in [-0.4, -0.2) is 40.2 Å². The number of hydrogen-bond donors (Lipinski definition) is 3. The fourth-order valence-corrected chi connectivity index (χ4v) is 3.01. The summed E-state index contributed by atoms with van der Waals surface area (Å²) in [6, 6.07) is 6.40. The van der Waals surface area contributed by atoms with Crippen LogP contribution in [0.2, 0.25) is 0 Å². The highest BCUT2D eigenvalue weighted by molar-refractivity contribution is 5.93. The van der Waals surface area contributed by atoms with Gasteiger partial charge in [0, 0.05) is 36.6 Å². The number of carboxylic acids is 1. The summed E-state index contributed by atoms with van der Waals surface area (Å²) in [6.45, 7) is 1.64. The number of aromatic carboxylic acids is 1. The molecule has 10 heteroatoms. The number of carbonyl (C=O) groups is 2. The summed E-state index contributed by atoms with van der Waals surface area (Å²) < 4.78 is 33.5. The number of fused-ring (bicyclic) bond motifs is 1. The van der Waals surface area contributed by atoms with Crippen molar-refractivity contribution in [2.75, 3.05) is 12.4 Å². The lowest BCUT2D eigenvalue weighted by Gasteiger charge is -2.12. The third-order valence-electron chi connectivity index (χ3n) is 4.76. The van der Waals surface area contributed by atoms with Crippen LogP contribution in [0.5, 0.6) is 11.5 Å². The molecule has 4 rings (SSSR count). The van der Waals surface area contributed by atoms with Gasteiger partial charge >= 0.3 is 5.97 Å². The minimum atomic E-state index is -2.66. The van der Waals surface area contributed by atoms with E-state index >= 15 is 0 Å². The maximum Gasteiger partial charge on any atom is 0.337 e. The first-order chi connectivity index (χ1) is 14.8. The van der Waals surface area contributed by atoms with Gasteiger partial charge in [-0.05, 0) is 43.5 Å². The molecule has 0 radical (unpaired) electrons. The first-order valence-corrected chi connectivity index (χ1v) is 9.53. The topological polar surface area (TPSA) is 105 Å². The molecule has 0 bridgehead atoms. The van der Waals surface area contributed by atoms with E-state index < -0.39 is 12.4 Å². The van der Waals surface area contributed by atoms with Gasteiger partial charge in [-0.1, -0.05) is 0 Å². The molecular weight excluding hydrogens is 410 g/mol. The van der Waals surface area contributed by atoms with Crippen LogP contribution in [0.4, 0.5) is 14.5 Å². The lowest BCUT2D eigenvalue weighted by atomic mass is 10.1. The molecule has 0 saturated heterocycles. The molecule has 0 spiro atoms. The van der Waals surface area contributed by atoms with Gasteiger partial charge in [-0.2, -0.15) is 5.10 Å². The zero-order valence-electron chi connectivity index (χ0n) is 16.9. The molecule has 0 atom stereocenters. The van der Waals surface area contributed by atoms with Gasteiger partial charge in [0.1, 0.15) is 11.3 Å². The minimum absolute atomic E-state index is 0.0994. The van der Waals surface area contributed by atoms with Crippen molar-refractivity contribution in [3.8, 4) is 11.5 Å². The Morgan fingerprint density at radius 2 is 2.10 bits per heavy atom. The highest BCUT2D eigenvalue weighted by atomic mass is 19.3. The second-order valence-electron chi connectivity index (χ2n) is 6.92. The van der Waals surface area contributed by atoms with Crippen molar-refractivity contribution in [3.63, 3.8) is 0 Å². The quantitative estimate of drug-likeness (QED) is 0.488. The molecule has 1 aromatic carbocycles. The van der Waals surface area contributed by atoms with Crippen LogP contribution in [-0.2, 0) is 4.79 Å². The second kappa shape index (κ2) is 9.41. The average Bonchev–Trinajstić information content (AvgIpc) is 3.49. The van der Waals surface area contributed by atoms with Gasteiger partial charge in [0.15, 0.2) is 5.75 Å². The second-order valence-corrected chi connectivity index (χ2v) is 6.92. The van der Waals surface area contributed by atoms with E-state index in [4.69, 9.17) is 4.74 Å². The number of nitrogens with one attached hydrogen (secondary N) is 2. The summed E-state index contributed by atoms with van der Waals surface area (Å²) in [5.41, 5.74) is 1.19. The molecule has 1 aliphatic carbocycles. The molecule has 31 heavy (non-hydrogen) atoms. The largest absolute Gasteiger partial charge is 0.478 e. The number of ether oxygens (including phenoxy) is 1. The number of anilines is 1. The molecule has 0 aliphatic heterocycles. The van der Waals surface area contributed by atoms with Crippen molar-refractivity contribution in [1.82, 2.24) is 14.9 Å². The van der Waals surface area contributed by atoms with Gasteiger partial charge in [0.25, 0.3) is 6.43 Å². The standard InChI is InChI=1S/C17H15F2N3O3.C4H7NO/c1-9-12(17(23)24)8-22-15(9)14(5-6-21-22)25-10-3-4-13(20-2)11(7-10)16(18)19;6-3-5-4-1-2-4/h3-8,16,20H,1-2H3,(H,23,24);3-4H,1-2H2,(H,5,6). The molecule has 1 saturated carbocycles. The normalized spacial score (nSPS) is 12.8. The lowest BCUT2D eigenvalue weighted by molar-refractivity contribution is -0.109. The van der Waals surface area contributed by atoms with Crippen LogP contribution in [0.3, 0.4) is 0 Å². The van der Waals surface area contributed by atoms with E-state index in [1.54, 1.807) is 26.1 Å². The van der Waals surface area contributed by atoms with Crippen molar-refractivity contribution in [1.29, 1.82) is 0 Å². The summed E-state index contributed by atoms with van der Waals surface area (Å²) in [7, 11) is 1.56. The number of amides is 1. The van der Waals surface area contributed by atoms with Crippen molar-refractivity contribution in [3.05, 3.63) is 53.3 Å². The Morgan fingerprint density at radius 3 is 2.65 bits per heavy atom. The summed E-state index contributed by atoms with van der Waals surface area (Å²) in [5, 5.41) is 18.6. The third kappa shape index (κ3) is 5.08. The van der Waals surface area contributed by atoms with Gasteiger partial charge in [-0.25, -0.2) is 18.1 Å². The molecule has 3 N–H and O–H groups in total. The van der Waals surface area contributed by atoms with Crippen LogP contribution in [0, 0.1) is 6.92 Å². The third-order valence-corrected chi connectivity index (χ3v) is 4.76. The van der Waals surface area contributed by atoms with E-state index in [2.05, 4.69) is 15.7 Å². The molecule has 1 aliphatic rings. The van der Waals surface area contributed by atoms with Gasteiger partial charge in [-0.15, -0.1) is 0 Å². The number of halogens is 2. The van der Waals surface area contributed by atoms with E-state index in [0.29, 0.717) is 28.6 Å². The number of carbonyl (C=O) groups excluding carboxylic acids is 1. The minimum Gasteiger partial charge on any atom is -0.478 e. The van der Waals surface area contributed by atoms with Crippen LogP contribution in [0.15, 0.2) is 36.7 Å². The van der Waals surface area contributed by atoms with Gasteiger partial charge in [-0.3, -0.25) is 4.79 Å². The monoisotopic (exact) mass is 432 g/mol. The number of hydrogen-bond acceptors (Lipinski definition) is 5. The molecule has 3 aromatic rings. The number of alkyl halides is 2. The lowest BCUT2D eigenvalue weighted by Crippen LogP contribution is -2.11. The highest BCUT2D eigenvalue weighted by Crippen LogP contribution is 2.34. The Balaban J connectivity index is 0.000000391. The van der Waals surface area contributed by atoms with E-state index in [-0.39, 0.29) is 16.9 Å². The van der Waals surface area contributed by atoms with E-state index in [1.807, 2.05) is 0 Å². The molecule has 1 amide bonds. The number of aryl methyl sites for hydroxylation is 1. The van der Waals surface area contributed by atoms with Crippen molar-refractivity contribution < 1.29 is 28.2 Å². The number of rotatable bonds is 7. The van der Waals surface area contributed by atoms with Crippen LogP contribution >= 0.6 is 0 Å². The first kappa shape index (κ1) is 22.0. The van der Waals surface area contributed by atoms with E-state index in [0.717, 1.165) is 6.41 Å². The Labute approximate surface area is 176 Å². The van der Waals surface area contributed by atoms with Gasteiger partial charge < -0.3 is 20.5 Å².